The number of amides is 2. The molecule has 2 amide bonds. The zero-order valence-electron chi connectivity index (χ0n) is 18.4. The highest BCUT2D eigenvalue weighted by Crippen LogP contribution is 2.24. The monoisotopic (exact) mass is 448 g/mol. The van der Waals surface area contributed by atoms with Crippen molar-refractivity contribution in [1.82, 2.24) is 10.2 Å². The molecule has 4 nitrogen and oxygen atoms in total. The van der Waals surface area contributed by atoms with Crippen LogP contribution in [0.2, 0.25) is 0 Å². The lowest BCUT2D eigenvalue weighted by molar-refractivity contribution is -0.127. The Morgan fingerprint density at radius 1 is 0.909 bits per heavy atom. The molecule has 0 radical (unpaired) electrons. The van der Waals surface area contributed by atoms with Crippen LogP contribution in [0.4, 0.5) is 8.78 Å². The molecule has 3 aromatic carbocycles. The first-order valence-electron chi connectivity index (χ1n) is 11.1. The van der Waals surface area contributed by atoms with Gasteiger partial charge in [-0.1, -0.05) is 54.6 Å². The number of carbonyl (C=O) groups excluding carboxylic acids is 2. The van der Waals surface area contributed by atoms with E-state index >= 15 is 0 Å². The fourth-order valence-electron chi connectivity index (χ4n) is 4.19. The van der Waals surface area contributed by atoms with Crippen molar-refractivity contribution in [2.45, 2.75) is 25.8 Å². The highest BCUT2D eigenvalue weighted by Gasteiger charge is 2.29. The van der Waals surface area contributed by atoms with E-state index in [0.717, 1.165) is 28.8 Å². The predicted molar refractivity (Wildman–Crippen MR) is 123 cm³/mol. The molecule has 4 rings (SSSR count). The molecule has 0 spiro atoms. The van der Waals surface area contributed by atoms with Gasteiger partial charge in [0.25, 0.3) is 5.91 Å². The quantitative estimate of drug-likeness (QED) is 0.571. The van der Waals surface area contributed by atoms with Crippen molar-refractivity contribution >= 4 is 11.8 Å². The molecule has 1 aliphatic heterocycles. The molecule has 0 aromatic heterocycles. The maximum atomic E-state index is 13.9. The molecule has 6 heteroatoms. The van der Waals surface area contributed by atoms with Gasteiger partial charge in [-0.2, -0.15) is 0 Å². The fraction of sp³-hybridized carbons (Fsp3) is 0.259. The summed E-state index contributed by atoms with van der Waals surface area (Å²) in [4.78, 5) is 26.9. The first kappa shape index (κ1) is 22.6. The van der Waals surface area contributed by atoms with Crippen LogP contribution in [0.25, 0.3) is 11.1 Å². The van der Waals surface area contributed by atoms with Gasteiger partial charge in [0.1, 0.15) is 11.6 Å². The van der Waals surface area contributed by atoms with E-state index < -0.39 is 17.5 Å². The zero-order chi connectivity index (χ0) is 23.4. The Bertz CT molecular complexity index is 1120. The number of piperidine rings is 1. The number of carbonyl (C=O) groups is 2. The van der Waals surface area contributed by atoms with Crippen LogP contribution >= 0.6 is 0 Å². The minimum absolute atomic E-state index is 0.0466. The van der Waals surface area contributed by atoms with Gasteiger partial charge in [-0.3, -0.25) is 9.59 Å². The van der Waals surface area contributed by atoms with E-state index in [-0.39, 0.29) is 23.4 Å². The van der Waals surface area contributed by atoms with Crippen molar-refractivity contribution in [3.63, 3.8) is 0 Å². The number of hydrogen-bond donors (Lipinski definition) is 1. The molecule has 33 heavy (non-hydrogen) atoms. The Morgan fingerprint density at radius 2 is 1.55 bits per heavy atom. The second-order valence-corrected chi connectivity index (χ2v) is 8.41. The fourth-order valence-corrected chi connectivity index (χ4v) is 4.19. The van der Waals surface area contributed by atoms with Gasteiger partial charge < -0.3 is 10.2 Å². The summed E-state index contributed by atoms with van der Waals surface area (Å²) >= 11 is 0. The summed E-state index contributed by atoms with van der Waals surface area (Å²) in [5.41, 5.74) is 3.13. The third-order valence-corrected chi connectivity index (χ3v) is 6.19. The first-order valence-corrected chi connectivity index (χ1v) is 11.1. The standard InChI is InChI=1S/C27H26F2N2O2/c1-18(19-7-9-21(10-8-19)20-5-3-2-4-6-20)30-26(32)22-13-15-31(16-14-22)27(33)24-12-11-23(28)17-25(24)29/h2-12,17-18,22H,13-16H2,1H3,(H,30,32). The number of nitrogens with one attached hydrogen (secondary N) is 1. The summed E-state index contributed by atoms with van der Waals surface area (Å²) in [6.45, 7) is 2.66. The van der Waals surface area contributed by atoms with Gasteiger partial charge in [0.15, 0.2) is 0 Å². The summed E-state index contributed by atoms with van der Waals surface area (Å²) < 4.78 is 27.0. The predicted octanol–water partition coefficient (Wildman–Crippen LogP) is 5.36. The molecule has 1 saturated heterocycles. The topological polar surface area (TPSA) is 49.4 Å². The largest absolute Gasteiger partial charge is 0.349 e. The van der Waals surface area contributed by atoms with E-state index in [1.165, 1.54) is 4.90 Å². The normalized spacial score (nSPS) is 15.2. The number of hydrogen-bond acceptors (Lipinski definition) is 2. The number of benzene rings is 3. The molecule has 0 aliphatic carbocycles. The van der Waals surface area contributed by atoms with E-state index in [0.29, 0.717) is 32.0 Å². The van der Waals surface area contributed by atoms with Crippen molar-refractivity contribution in [2.24, 2.45) is 5.92 Å². The van der Waals surface area contributed by atoms with Crippen LogP contribution in [0.3, 0.4) is 0 Å². The molecule has 1 aliphatic rings. The Kier molecular flexibility index (Phi) is 6.82. The molecular formula is C27H26F2N2O2. The maximum Gasteiger partial charge on any atom is 0.256 e. The molecule has 3 aromatic rings. The number of rotatable bonds is 5. The molecule has 1 unspecified atom stereocenters. The minimum atomic E-state index is -0.869. The molecular weight excluding hydrogens is 422 g/mol. The zero-order valence-corrected chi connectivity index (χ0v) is 18.4. The van der Waals surface area contributed by atoms with Gasteiger partial charge in [0.2, 0.25) is 5.91 Å². The average Bonchev–Trinajstić information content (AvgIpc) is 2.84. The molecule has 1 fully saturated rings. The average molecular weight is 449 g/mol. The second kappa shape index (κ2) is 9.94. The highest BCUT2D eigenvalue weighted by molar-refractivity contribution is 5.94. The van der Waals surface area contributed by atoms with Gasteiger partial charge in [-0.15, -0.1) is 0 Å². The minimum Gasteiger partial charge on any atom is -0.349 e. The van der Waals surface area contributed by atoms with E-state index in [1.54, 1.807) is 0 Å². The molecule has 1 N–H and O–H groups in total. The Labute approximate surface area is 192 Å². The van der Waals surface area contributed by atoms with Crippen LogP contribution in [0.5, 0.6) is 0 Å². The van der Waals surface area contributed by atoms with Crippen LogP contribution in [0.15, 0.2) is 72.8 Å². The van der Waals surface area contributed by atoms with E-state index in [1.807, 2.05) is 49.4 Å². The number of nitrogens with zero attached hydrogens (tertiary/aromatic N) is 1. The van der Waals surface area contributed by atoms with Gasteiger partial charge in [0, 0.05) is 25.1 Å². The SMILES string of the molecule is CC(NC(=O)C1CCN(C(=O)c2ccc(F)cc2F)CC1)c1ccc(-c2ccccc2)cc1. The molecule has 170 valence electrons. The Morgan fingerprint density at radius 3 is 2.18 bits per heavy atom. The summed E-state index contributed by atoms with van der Waals surface area (Å²) in [6, 6.07) is 21.0. The van der Waals surface area contributed by atoms with Crippen molar-refractivity contribution in [2.75, 3.05) is 13.1 Å². The van der Waals surface area contributed by atoms with Gasteiger partial charge >= 0.3 is 0 Å². The second-order valence-electron chi connectivity index (χ2n) is 8.41. The smallest absolute Gasteiger partial charge is 0.256 e. The summed E-state index contributed by atoms with van der Waals surface area (Å²) in [5, 5.41) is 3.07. The van der Waals surface area contributed by atoms with E-state index in [4.69, 9.17) is 0 Å². The van der Waals surface area contributed by atoms with Crippen LogP contribution in [-0.4, -0.2) is 29.8 Å². The summed E-state index contributed by atoms with van der Waals surface area (Å²) in [7, 11) is 0. The van der Waals surface area contributed by atoms with Gasteiger partial charge in [-0.05, 0) is 48.6 Å². The number of halogens is 2. The maximum absolute atomic E-state index is 13.9. The number of likely N-dealkylation sites (tertiary alicyclic amines) is 1. The van der Waals surface area contributed by atoms with Crippen molar-refractivity contribution in [3.8, 4) is 11.1 Å². The molecule has 0 saturated carbocycles. The summed E-state index contributed by atoms with van der Waals surface area (Å²) in [6.07, 6.45) is 1.00. The van der Waals surface area contributed by atoms with E-state index in [9.17, 15) is 18.4 Å². The van der Waals surface area contributed by atoms with Crippen LogP contribution in [0, 0.1) is 17.6 Å². The van der Waals surface area contributed by atoms with E-state index in [2.05, 4.69) is 17.4 Å². The van der Waals surface area contributed by atoms with Crippen molar-refractivity contribution in [3.05, 3.63) is 95.6 Å². The third-order valence-electron chi connectivity index (χ3n) is 6.19. The molecule has 0 bridgehead atoms. The lowest BCUT2D eigenvalue weighted by Crippen LogP contribution is -2.43. The summed E-state index contributed by atoms with van der Waals surface area (Å²) in [5.74, 6) is -2.32. The third kappa shape index (κ3) is 5.28. The first-order chi connectivity index (χ1) is 15.9. The molecule has 1 atom stereocenters. The van der Waals surface area contributed by atoms with Crippen molar-refractivity contribution < 1.29 is 18.4 Å². The van der Waals surface area contributed by atoms with Gasteiger partial charge in [0.05, 0.1) is 11.6 Å². The van der Waals surface area contributed by atoms with Crippen molar-refractivity contribution in [1.29, 1.82) is 0 Å². The highest BCUT2D eigenvalue weighted by atomic mass is 19.1. The van der Waals surface area contributed by atoms with Crippen LogP contribution in [-0.2, 0) is 4.79 Å². The molecule has 1 heterocycles. The van der Waals surface area contributed by atoms with Crippen LogP contribution in [0.1, 0.15) is 41.7 Å². The Balaban J connectivity index is 1.31. The lowest BCUT2D eigenvalue weighted by Gasteiger charge is -2.32. The van der Waals surface area contributed by atoms with Crippen LogP contribution < -0.4 is 5.32 Å². The Hall–Kier alpha value is -3.54. The lowest BCUT2D eigenvalue weighted by atomic mass is 9.94. The van der Waals surface area contributed by atoms with Gasteiger partial charge in [-0.25, -0.2) is 8.78 Å².